The molecule has 1 saturated carbocycles. The average molecular weight is 185 g/mol. The van der Waals surface area contributed by atoms with Gasteiger partial charge in [0.25, 0.3) is 0 Å². The first-order valence-corrected chi connectivity index (χ1v) is 4.88. The Morgan fingerprint density at radius 2 is 2.08 bits per heavy atom. The van der Waals surface area contributed by atoms with Gasteiger partial charge in [-0.15, -0.1) is 0 Å². The molecule has 3 heteroatoms. The van der Waals surface area contributed by atoms with E-state index in [2.05, 4.69) is 0 Å². The molecule has 0 heterocycles. The van der Waals surface area contributed by atoms with Crippen molar-refractivity contribution in [3.63, 3.8) is 0 Å². The van der Waals surface area contributed by atoms with Crippen molar-refractivity contribution in [3.8, 4) is 0 Å². The number of hydrogen-bond acceptors (Lipinski definition) is 3. The van der Waals surface area contributed by atoms with Crippen molar-refractivity contribution < 1.29 is 14.3 Å². The number of esters is 1. The van der Waals surface area contributed by atoms with Gasteiger partial charge in [0.15, 0.2) is 6.10 Å². The Bertz CT molecular complexity index is 162. The summed E-state index contributed by atoms with van der Waals surface area (Å²) in [5.41, 5.74) is 0. The smallest absolute Gasteiger partial charge is 0.335 e. The largest absolute Gasteiger partial charge is 0.460 e. The van der Waals surface area contributed by atoms with E-state index in [1.54, 1.807) is 13.8 Å². The second kappa shape index (κ2) is 5.22. The molecule has 1 fully saturated rings. The lowest BCUT2D eigenvalue weighted by Crippen LogP contribution is -2.26. The van der Waals surface area contributed by atoms with Crippen LogP contribution in [0.25, 0.3) is 0 Å². The molecule has 0 saturated heterocycles. The fourth-order valence-electron chi connectivity index (χ4n) is 1.53. The van der Waals surface area contributed by atoms with Gasteiger partial charge in [-0.05, 0) is 39.5 Å². The van der Waals surface area contributed by atoms with Gasteiger partial charge < -0.3 is 9.47 Å². The maximum atomic E-state index is 11.3. The van der Waals surface area contributed by atoms with Crippen molar-refractivity contribution in [2.75, 3.05) is 0 Å². The monoisotopic (exact) mass is 185 g/mol. The third-order valence-electron chi connectivity index (χ3n) is 2.26. The van der Waals surface area contributed by atoms with Gasteiger partial charge in [-0.3, -0.25) is 0 Å². The van der Waals surface area contributed by atoms with Gasteiger partial charge in [0.1, 0.15) is 6.10 Å². The Kier molecular flexibility index (Phi) is 4.22. The van der Waals surface area contributed by atoms with Gasteiger partial charge in [0, 0.05) is 0 Å². The van der Waals surface area contributed by atoms with E-state index in [1.165, 1.54) is 19.4 Å². The van der Waals surface area contributed by atoms with E-state index >= 15 is 0 Å². The van der Waals surface area contributed by atoms with E-state index < -0.39 is 6.10 Å². The molecule has 13 heavy (non-hydrogen) atoms. The SMILES string of the molecule is C[CH]OC(C)C(=O)OC1CCCC1. The van der Waals surface area contributed by atoms with Crippen LogP contribution < -0.4 is 0 Å². The summed E-state index contributed by atoms with van der Waals surface area (Å²) >= 11 is 0. The second-order valence-electron chi connectivity index (χ2n) is 3.36. The van der Waals surface area contributed by atoms with Gasteiger partial charge in [0.05, 0.1) is 6.61 Å². The zero-order chi connectivity index (χ0) is 9.68. The van der Waals surface area contributed by atoms with Crippen molar-refractivity contribution in [2.24, 2.45) is 0 Å². The minimum Gasteiger partial charge on any atom is -0.460 e. The van der Waals surface area contributed by atoms with Crippen LogP contribution in [0.4, 0.5) is 0 Å². The molecule has 0 amide bonds. The molecule has 1 unspecified atom stereocenters. The lowest BCUT2D eigenvalue weighted by molar-refractivity contribution is -0.159. The zero-order valence-corrected chi connectivity index (χ0v) is 8.29. The molecule has 1 radical (unpaired) electrons. The fourth-order valence-corrected chi connectivity index (χ4v) is 1.53. The van der Waals surface area contributed by atoms with Crippen LogP contribution in [0.15, 0.2) is 0 Å². The summed E-state index contributed by atoms with van der Waals surface area (Å²) in [6.07, 6.45) is 4.03. The summed E-state index contributed by atoms with van der Waals surface area (Å²) in [5, 5.41) is 0. The predicted molar refractivity (Wildman–Crippen MR) is 48.9 cm³/mol. The minimum atomic E-state index is -0.467. The Morgan fingerprint density at radius 1 is 1.46 bits per heavy atom. The Morgan fingerprint density at radius 3 is 2.62 bits per heavy atom. The molecule has 0 aromatic rings. The highest BCUT2D eigenvalue weighted by atomic mass is 16.6. The minimum absolute atomic E-state index is 0.135. The topological polar surface area (TPSA) is 35.5 Å². The maximum Gasteiger partial charge on any atom is 0.335 e. The quantitative estimate of drug-likeness (QED) is 0.629. The summed E-state index contributed by atoms with van der Waals surface area (Å²) in [7, 11) is 0. The molecule has 3 nitrogen and oxygen atoms in total. The maximum absolute atomic E-state index is 11.3. The van der Waals surface area contributed by atoms with Crippen LogP contribution in [0.5, 0.6) is 0 Å². The molecule has 1 aliphatic rings. The molecule has 75 valence electrons. The summed E-state index contributed by atoms with van der Waals surface area (Å²) in [6.45, 7) is 4.97. The predicted octanol–water partition coefficient (Wildman–Crippen LogP) is 2.06. The molecule has 0 N–H and O–H groups in total. The van der Waals surface area contributed by atoms with E-state index in [4.69, 9.17) is 9.47 Å². The van der Waals surface area contributed by atoms with Crippen LogP contribution in [0.1, 0.15) is 39.5 Å². The number of carbonyl (C=O) groups excluding carboxylic acids is 1. The first-order valence-electron chi connectivity index (χ1n) is 4.88. The molecule has 1 aliphatic carbocycles. The van der Waals surface area contributed by atoms with E-state index in [1.807, 2.05) is 0 Å². The van der Waals surface area contributed by atoms with Gasteiger partial charge in [-0.1, -0.05) is 0 Å². The van der Waals surface area contributed by atoms with Gasteiger partial charge >= 0.3 is 5.97 Å². The Labute approximate surface area is 79.4 Å². The standard InChI is InChI=1S/C10H17O3/c1-3-12-8(2)10(11)13-9-6-4-5-7-9/h3,8-9H,4-7H2,1-2H3. The van der Waals surface area contributed by atoms with Crippen LogP contribution in [0.2, 0.25) is 0 Å². The van der Waals surface area contributed by atoms with Crippen molar-refractivity contribution in [2.45, 2.75) is 51.7 Å². The van der Waals surface area contributed by atoms with Gasteiger partial charge in [0.2, 0.25) is 0 Å². The van der Waals surface area contributed by atoms with E-state index in [0.717, 1.165) is 12.8 Å². The third kappa shape index (κ3) is 3.35. The number of ether oxygens (including phenoxy) is 2. The van der Waals surface area contributed by atoms with Crippen LogP contribution >= 0.6 is 0 Å². The molecule has 1 rings (SSSR count). The highest BCUT2D eigenvalue weighted by Crippen LogP contribution is 2.21. The van der Waals surface area contributed by atoms with E-state index in [0.29, 0.717) is 0 Å². The second-order valence-corrected chi connectivity index (χ2v) is 3.36. The van der Waals surface area contributed by atoms with E-state index in [-0.39, 0.29) is 12.1 Å². The van der Waals surface area contributed by atoms with Gasteiger partial charge in [-0.2, -0.15) is 0 Å². The van der Waals surface area contributed by atoms with E-state index in [9.17, 15) is 4.79 Å². The first-order chi connectivity index (χ1) is 6.24. The summed E-state index contributed by atoms with van der Waals surface area (Å²) in [5.74, 6) is -0.245. The average Bonchev–Trinajstić information content (AvgIpc) is 2.57. The molecule has 0 bridgehead atoms. The van der Waals surface area contributed by atoms with Crippen LogP contribution in [0, 0.1) is 6.61 Å². The Balaban J connectivity index is 2.22. The van der Waals surface area contributed by atoms with Crippen LogP contribution in [-0.4, -0.2) is 18.2 Å². The van der Waals surface area contributed by atoms with Crippen molar-refractivity contribution in [3.05, 3.63) is 6.61 Å². The van der Waals surface area contributed by atoms with Crippen molar-refractivity contribution in [1.29, 1.82) is 0 Å². The summed E-state index contributed by atoms with van der Waals surface area (Å²) in [6, 6.07) is 0. The highest BCUT2D eigenvalue weighted by molar-refractivity contribution is 5.74. The van der Waals surface area contributed by atoms with Crippen molar-refractivity contribution in [1.82, 2.24) is 0 Å². The summed E-state index contributed by atoms with van der Waals surface area (Å²) in [4.78, 5) is 11.3. The molecule has 0 aliphatic heterocycles. The lowest BCUT2D eigenvalue weighted by Gasteiger charge is -2.15. The molecule has 0 aromatic carbocycles. The molecular formula is C10H17O3. The first kappa shape index (κ1) is 10.5. The number of carbonyl (C=O) groups is 1. The van der Waals surface area contributed by atoms with Crippen LogP contribution in [-0.2, 0) is 14.3 Å². The molecule has 1 atom stereocenters. The number of rotatable bonds is 4. The summed E-state index contributed by atoms with van der Waals surface area (Å²) < 4.78 is 10.3. The highest BCUT2D eigenvalue weighted by Gasteiger charge is 2.22. The van der Waals surface area contributed by atoms with Crippen LogP contribution in [0.3, 0.4) is 0 Å². The number of hydrogen-bond donors (Lipinski definition) is 0. The molecule has 0 aromatic heterocycles. The molecular weight excluding hydrogens is 168 g/mol. The molecule has 0 spiro atoms. The fraction of sp³-hybridized carbons (Fsp3) is 0.800. The normalized spacial score (nSPS) is 20.2. The van der Waals surface area contributed by atoms with Crippen molar-refractivity contribution >= 4 is 5.97 Å². The third-order valence-corrected chi connectivity index (χ3v) is 2.26. The Hall–Kier alpha value is -0.570. The van der Waals surface area contributed by atoms with Gasteiger partial charge in [-0.25, -0.2) is 4.79 Å². The zero-order valence-electron chi connectivity index (χ0n) is 8.29. The lowest BCUT2D eigenvalue weighted by atomic mass is 10.3.